The zero-order chi connectivity index (χ0) is 17.7. The fourth-order valence-corrected chi connectivity index (χ4v) is 3.64. The lowest BCUT2D eigenvalue weighted by molar-refractivity contribution is 0.0956. The Morgan fingerprint density at radius 2 is 1.81 bits per heavy atom. The largest absolute Gasteiger partial charge is 0.453 e. The first-order valence-electron chi connectivity index (χ1n) is 8.35. The van der Waals surface area contributed by atoms with Gasteiger partial charge in [0.25, 0.3) is 5.91 Å². The zero-order valence-corrected chi connectivity index (χ0v) is 14.5. The normalized spacial score (nSPS) is 13.7. The number of para-hydroxylation sites is 1. The van der Waals surface area contributed by atoms with Gasteiger partial charge < -0.3 is 14.3 Å². The highest BCUT2D eigenvalue weighted by atomic mass is 35.5. The van der Waals surface area contributed by atoms with Crippen molar-refractivity contribution in [1.29, 1.82) is 0 Å². The number of rotatable bonds is 2. The maximum Gasteiger partial charge on any atom is 0.253 e. The lowest BCUT2D eigenvalue weighted by Crippen LogP contribution is -2.24. The van der Waals surface area contributed by atoms with E-state index in [4.69, 9.17) is 21.0 Å². The number of halogens is 1. The maximum absolute atomic E-state index is 12.3. The maximum atomic E-state index is 12.3. The fraction of sp³-hybridized carbons (Fsp3) is 0.100. The molecule has 0 unspecified atom stereocenters. The Morgan fingerprint density at radius 3 is 2.69 bits per heavy atom. The fourth-order valence-electron chi connectivity index (χ4n) is 3.41. The van der Waals surface area contributed by atoms with E-state index in [1.807, 2.05) is 59.2 Å². The molecular formula is C20H14ClN3O2. The average Bonchev–Trinajstić information content (AvgIpc) is 3.22. The predicted octanol–water partition coefficient (Wildman–Crippen LogP) is 4.36. The Kier molecular flexibility index (Phi) is 3.36. The molecule has 0 atom stereocenters. The van der Waals surface area contributed by atoms with Gasteiger partial charge in [0.05, 0.1) is 21.6 Å². The molecule has 128 valence electrons. The quantitative estimate of drug-likeness (QED) is 0.575. The SMILES string of the molecule is O=C1NCCn2c(-c3ccc(-c4ccccc4Cl)o3)nc3cccc1c32. The molecule has 1 aliphatic heterocycles. The van der Waals surface area contributed by atoms with E-state index in [0.29, 0.717) is 41.0 Å². The van der Waals surface area contributed by atoms with Gasteiger partial charge in [-0.3, -0.25) is 4.79 Å². The summed E-state index contributed by atoms with van der Waals surface area (Å²) < 4.78 is 8.11. The molecule has 4 aromatic rings. The van der Waals surface area contributed by atoms with Crippen LogP contribution in [-0.2, 0) is 6.54 Å². The van der Waals surface area contributed by atoms with Gasteiger partial charge in [-0.25, -0.2) is 4.98 Å². The number of carbonyl (C=O) groups excluding carboxylic acids is 1. The summed E-state index contributed by atoms with van der Waals surface area (Å²) in [6, 6.07) is 16.9. The molecule has 0 aliphatic carbocycles. The van der Waals surface area contributed by atoms with Crippen molar-refractivity contribution < 1.29 is 9.21 Å². The Bertz CT molecular complexity index is 1160. The zero-order valence-electron chi connectivity index (χ0n) is 13.7. The minimum absolute atomic E-state index is 0.0722. The van der Waals surface area contributed by atoms with Crippen molar-refractivity contribution in [3.63, 3.8) is 0 Å². The van der Waals surface area contributed by atoms with Crippen LogP contribution in [0.2, 0.25) is 5.02 Å². The van der Waals surface area contributed by atoms with E-state index < -0.39 is 0 Å². The van der Waals surface area contributed by atoms with Crippen molar-refractivity contribution in [1.82, 2.24) is 14.9 Å². The van der Waals surface area contributed by atoms with Crippen LogP contribution in [-0.4, -0.2) is 22.0 Å². The van der Waals surface area contributed by atoms with Crippen molar-refractivity contribution >= 4 is 28.5 Å². The molecule has 6 heteroatoms. The third-order valence-corrected chi connectivity index (χ3v) is 4.93. The van der Waals surface area contributed by atoms with E-state index >= 15 is 0 Å². The molecule has 2 aromatic carbocycles. The number of benzene rings is 2. The summed E-state index contributed by atoms with van der Waals surface area (Å²) in [7, 11) is 0. The number of nitrogens with one attached hydrogen (secondary N) is 1. The number of nitrogens with zero attached hydrogens (tertiary/aromatic N) is 2. The first-order valence-corrected chi connectivity index (χ1v) is 8.73. The van der Waals surface area contributed by atoms with Crippen LogP contribution in [0.4, 0.5) is 0 Å². The standard InChI is InChI=1S/C20H14ClN3O2/c21-14-6-2-1-4-12(14)16-8-9-17(26-16)19-23-15-7-3-5-13-18(15)24(19)11-10-22-20(13)25/h1-9H,10-11H2,(H,22,25). The second-order valence-corrected chi connectivity index (χ2v) is 6.57. The van der Waals surface area contributed by atoms with Gasteiger partial charge in [0.15, 0.2) is 11.6 Å². The van der Waals surface area contributed by atoms with Crippen molar-refractivity contribution in [3.8, 4) is 22.9 Å². The molecule has 0 bridgehead atoms. The molecule has 0 saturated carbocycles. The summed E-state index contributed by atoms with van der Waals surface area (Å²) in [6.45, 7) is 1.18. The average molecular weight is 364 g/mol. The topological polar surface area (TPSA) is 60.1 Å². The smallest absolute Gasteiger partial charge is 0.253 e. The molecule has 5 rings (SSSR count). The Balaban J connectivity index is 1.69. The molecule has 1 amide bonds. The first kappa shape index (κ1) is 15.2. The minimum Gasteiger partial charge on any atom is -0.453 e. The van der Waals surface area contributed by atoms with Gasteiger partial charge in [-0.1, -0.05) is 29.8 Å². The summed E-state index contributed by atoms with van der Waals surface area (Å²) in [5.74, 6) is 1.98. The molecule has 0 spiro atoms. The molecule has 2 aromatic heterocycles. The molecule has 0 radical (unpaired) electrons. The van der Waals surface area contributed by atoms with Gasteiger partial charge in [0.1, 0.15) is 5.76 Å². The van der Waals surface area contributed by atoms with Crippen molar-refractivity contribution in [3.05, 3.63) is 65.2 Å². The van der Waals surface area contributed by atoms with E-state index in [1.165, 1.54) is 0 Å². The lowest BCUT2D eigenvalue weighted by atomic mass is 10.2. The van der Waals surface area contributed by atoms with Gasteiger partial charge in [-0.05, 0) is 36.4 Å². The van der Waals surface area contributed by atoms with Crippen LogP contribution in [0.1, 0.15) is 10.4 Å². The molecule has 1 N–H and O–H groups in total. The number of furan rings is 1. The highest BCUT2D eigenvalue weighted by Gasteiger charge is 2.23. The number of amides is 1. The minimum atomic E-state index is -0.0722. The molecular weight excluding hydrogens is 350 g/mol. The number of carbonyl (C=O) groups is 1. The van der Waals surface area contributed by atoms with Crippen molar-refractivity contribution in [2.24, 2.45) is 0 Å². The third kappa shape index (κ3) is 2.24. The molecule has 3 heterocycles. The van der Waals surface area contributed by atoms with E-state index in [-0.39, 0.29) is 5.91 Å². The molecule has 1 aliphatic rings. The van der Waals surface area contributed by atoms with E-state index in [1.54, 1.807) is 0 Å². The van der Waals surface area contributed by atoms with Crippen LogP contribution < -0.4 is 5.32 Å². The Morgan fingerprint density at radius 1 is 1.00 bits per heavy atom. The van der Waals surface area contributed by atoms with Gasteiger partial charge in [0.2, 0.25) is 0 Å². The summed E-state index contributed by atoms with van der Waals surface area (Å²) >= 11 is 6.28. The molecule has 26 heavy (non-hydrogen) atoms. The van der Waals surface area contributed by atoms with Gasteiger partial charge in [0, 0.05) is 18.7 Å². The lowest BCUT2D eigenvalue weighted by Gasteiger charge is -2.05. The second-order valence-electron chi connectivity index (χ2n) is 6.16. The van der Waals surface area contributed by atoms with Crippen molar-refractivity contribution in [2.45, 2.75) is 6.54 Å². The highest BCUT2D eigenvalue weighted by molar-refractivity contribution is 6.33. The van der Waals surface area contributed by atoms with Crippen LogP contribution in [0, 0.1) is 0 Å². The number of hydrogen-bond acceptors (Lipinski definition) is 3. The summed E-state index contributed by atoms with van der Waals surface area (Å²) in [5.41, 5.74) is 3.10. The van der Waals surface area contributed by atoms with E-state index in [0.717, 1.165) is 16.6 Å². The van der Waals surface area contributed by atoms with Crippen LogP contribution in [0.5, 0.6) is 0 Å². The first-order chi connectivity index (χ1) is 12.7. The van der Waals surface area contributed by atoms with Crippen LogP contribution in [0.3, 0.4) is 0 Å². The monoisotopic (exact) mass is 363 g/mol. The molecule has 0 fully saturated rings. The third-order valence-electron chi connectivity index (χ3n) is 4.60. The summed E-state index contributed by atoms with van der Waals surface area (Å²) in [5, 5.41) is 3.56. The predicted molar refractivity (Wildman–Crippen MR) is 100 cm³/mol. The Hall–Kier alpha value is -3.05. The molecule has 0 saturated heterocycles. The van der Waals surface area contributed by atoms with Crippen LogP contribution in [0.15, 0.2) is 59.0 Å². The number of hydrogen-bond donors (Lipinski definition) is 1. The van der Waals surface area contributed by atoms with Crippen LogP contribution in [0.25, 0.3) is 33.9 Å². The highest BCUT2D eigenvalue weighted by Crippen LogP contribution is 2.34. The van der Waals surface area contributed by atoms with Gasteiger partial charge >= 0.3 is 0 Å². The van der Waals surface area contributed by atoms with Crippen LogP contribution >= 0.6 is 11.6 Å². The van der Waals surface area contributed by atoms with Crippen molar-refractivity contribution in [2.75, 3.05) is 6.54 Å². The Labute approximate surface area is 154 Å². The van der Waals surface area contributed by atoms with E-state index in [9.17, 15) is 4.79 Å². The number of aromatic nitrogens is 2. The summed E-state index contributed by atoms with van der Waals surface area (Å²) in [4.78, 5) is 17.0. The molecule has 5 nitrogen and oxygen atoms in total. The van der Waals surface area contributed by atoms with E-state index in [2.05, 4.69) is 5.32 Å². The van der Waals surface area contributed by atoms with Gasteiger partial charge in [-0.15, -0.1) is 0 Å². The summed E-state index contributed by atoms with van der Waals surface area (Å²) in [6.07, 6.45) is 0. The van der Waals surface area contributed by atoms with Gasteiger partial charge in [-0.2, -0.15) is 0 Å². The second kappa shape index (κ2) is 5.75. The number of imidazole rings is 1.